The number of rotatable bonds is 4. The molecule has 0 spiro atoms. The van der Waals surface area contributed by atoms with Crippen LogP contribution in [0, 0.1) is 0 Å². The lowest BCUT2D eigenvalue weighted by Gasteiger charge is -2.28. The van der Waals surface area contributed by atoms with Gasteiger partial charge in [0.2, 0.25) is 0 Å². The first kappa shape index (κ1) is 16.1. The quantitative estimate of drug-likeness (QED) is 0.810. The summed E-state index contributed by atoms with van der Waals surface area (Å²) in [6, 6.07) is 14.8. The molecule has 0 aliphatic carbocycles. The standard InChI is InChI=1S/C19H19NO4/c1-20(12-14-8-4-6-10-16(14)23-2)18(21)17-11-13-7-3-5-9-15(13)19(22)24-17/h3-10,17H,11-12H2,1-2H3/t17-/m1/s1. The van der Waals surface area contributed by atoms with Crippen LogP contribution in [-0.4, -0.2) is 37.0 Å². The highest BCUT2D eigenvalue weighted by atomic mass is 16.5. The van der Waals surface area contributed by atoms with Gasteiger partial charge in [0, 0.05) is 25.6 Å². The van der Waals surface area contributed by atoms with E-state index in [1.807, 2.05) is 36.4 Å². The maximum Gasteiger partial charge on any atom is 0.339 e. The SMILES string of the molecule is COc1ccccc1CN(C)C(=O)[C@H]1Cc2ccccc2C(=O)O1. The number of carbonyl (C=O) groups is 2. The van der Waals surface area contributed by atoms with E-state index in [0.717, 1.165) is 16.9 Å². The molecule has 1 atom stereocenters. The number of carbonyl (C=O) groups excluding carboxylic acids is 2. The summed E-state index contributed by atoms with van der Waals surface area (Å²) in [7, 11) is 3.30. The highest BCUT2D eigenvalue weighted by molar-refractivity contribution is 5.95. The van der Waals surface area contributed by atoms with E-state index in [-0.39, 0.29) is 5.91 Å². The number of hydrogen-bond acceptors (Lipinski definition) is 4. The van der Waals surface area contributed by atoms with Crippen molar-refractivity contribution >= 4 is 11.9 Å². The van der Waals surface area contributed by atoms with Gasteiger partial charge in [0.25, 0.3) is 5.91 Å². The zero-order valence-corrected chi connectivity index (χ0v) is 13.7. The van der Waals surface area contributed by atoms with Crippen LogP contribution in [0.15, 0.2) is 48.5 Å². The minimum atomic E-state index is -0.785. The number of methoxy groups -OCH3 is 1. The van der Waals surface area contributed by atoms with Crippen molar-refractivity contribution in [2.75, 3.05) is 14.2 Å². The molecule has 1 amide bonds. The van der Waals surface area contributed by atoms with Gasteiger partial charge in [-0.2, -0.15) is 0 Å². The monoisotopic (exact) mass is 325 g/mol. The molecule has 2 aromatic rings. The lowest BCUT2D eigenvalue weighted by atomic mass is 9.98. The van der Waals surface area contributed by atoms with Gasteiger partial charge in [-0.25, -0.2) is 4.79 Å². The fourth-order valence-electron chi connectivity index (χ4n) is 2.88. The minimum absolute atomic E-state index is 0.219. The summed E-state index contributed by atoms with van der Waals surface area (Å²) >= 11 is 0. The number of para-hydroxylation sites is 1. The fourth-order valence-corrected chi connectivity index (χ4v) is 2.88. The van der Waals surface area contributed by atoms with Crippen molar-refractivity contribution in [1.29, 1.82) is 0 Å². The van der Waals surface area contributed by atoms with Crippen molar-refractivity contribution in [3.05, 3.63) is 65.2 Å². The third-order valence-electron chi connectivity index (χ3n) is 4.14. The van der Waals surface area contributed by atoms with E-state index in [4.69, 9.17) is 9.47 Å². The number of benzene rings is 2. The molecule has 3 rings (SSSR count). The molecule has 0 radical (unpaired) electrons. The lowest BCUT2D eigenvalue weighted by Crippen LogP contribution is -2.42. The van der Waals surface area contributed by atoms with E-state index < -0.39 is 12.1 Å². The molecule has 5 heteroatoms. The summed E-state index contributed by atoms with van der Waals surface area (Å²) in [6.45, 7) is 0.387. The zero-order valence-electron chi connectivity index (χ0n) is 13.7. The van der Waals surface area contributed by atoms with Gasteiger partial charge in [-0.05, 0) is 17.7 Å². The summed E-state index contributed by atoms with van der Waals surface area (Å²) in [6.07, 6.45) is -0.385. The second-order valence-electron chi connectivity index (χ2n) is 5.76. The summed E-state index contributed by atoms with van der Waals surface area (Å²) in [4.78, 5) is 26.3. The molecule has 0 aromatic heterocycles. The summed E-state index contributed by atoms with van der Waals surface area (Å²) in [5, 5.41) is 0. The van der Waals surface area contributed by atoms with Gasteiger partial charge in [-0.15, -0.1) is 0 Å². The smallest absolute Gasteiger partial charge is 0.339 e. The molecule has 5 nitrogen and oxygen atoms in total. The van der Waals surface area contributed by atoms with Gasteiger partial charge in [-0.1, -0.05) is 36.4 Å². The predicted octanol–water partition coefficient (Wildman–Crippen LogP) is 2.44. The number of esters is 1. The zero-order chi connectivity index (χ0) is 17.1. The molecule has 1 heterocycles. The topological polar surface area (TPSA) is 55.8 Å². The van der Waals surface area contributed by atoms with Gasteiger partial charge in [0.1, 0.15) is 5.75 Å². The predicted molar refractivity (Wildman–Crippen MR) is 88.8 cm³/mol. The second kappa shape index (κ2) is 6.74. The van der Waals surface area contributed by atoms with Crippen LogP contribution in [0.5, 0.6) is 5.75 Å². The van der Waals surface area contributed by atoms with Gasteiger partial charge in [0.05, 0.1) is 12.7 Å². The van der Waals surface area contributed by atoms with Crippen LogP contribution in [0.25, 0.3) is 0 Å². The van der Waals surface area contributed by atoms with E-state index in [2.05, 4.69) is 0 Å². The molecule has 1 aliphatic rings. The van der Waals surface area contributed by atoms with Crippen LogP contribution in [0.2, 0.25) is 0 Å². The number of amides is 1. The maximum atomic E-state index is 12.7. The Kier molecular flexibility index (Phi) is 4.51. The van der Waals surface area contributed by atoms with Crippen LogP contribution in [-0.2, 0) is 22.5 Å². The molecular formula is C19H19NO4. The Bertz CT molecular complexity index is 771. The molecule has 124 valence electrons. The summed E-state index contributed by atoms with van der Waals surface area (Å²) in [5.41, 5.74) is 2.28. The lowest BCUT2D eigenvalue weighted by molar-refractivity contribution is -0.140. The fraction of sp³-hybridized carbons (Fsp3) is 0.263. The van der Waals surface area contributed by atoms with Crippen LogP contribution >= 0.6 is 0 Å². The molecule has 0 fully saturated rings. The van der Waals surface area contributed by atoms with Gasteiger partial charge in [0.15, 0.2) is 6.10 Å². The number of nitrogens with zero attached hydrogens (tertiary/aromatic N) is 1. The second-order valence-corrected chi connectivity index (χ2v) is 5.76. The minimum Gasteiger partial charge on any atom is -0.496 e. The average molecular weight is 325 g/mol. The molecule has 1 aliphatic heterocycles. The van der Waals surface area contributed by atoms with E-state index in [1.54, 1.807) is 31.2 Å². The number of likely N-dealkylation sites (N-methyl/N-ethyl adjacent to an activating group) is 1. The van der Waals surface area contributed by atoms with Crippen LogP contribution in [0.3, 0.4) is 0 Å². The molecule has 0 N–H and O–H groups in total. The van der Waals surface area contributed by atoms with Crippen molar-refractivity contribution in [1.82, 2.24) is 4.90 Å². The van der Waals surface area contributed by atoms with Crippen molar-refractivity contribution in [2.24, 2.45) is 0 Å². The molecule has 24 heavy (non-hydrogen) atoms. The van der Waals surface area contributed by atoms with Crippen LogP contribution in [0.4, 0.5) is 0 Å². The first-order valence-electron chi connectivity index (χ1n) is 7.76. The highest BCUT2D eigenvalue weighted by Gasteiger charge is 2.32. The van der Waals surface area contributed by atoms with Gasteiger partial charge >= 0.3 is 5.97 Å². The van der Waals surface area contributed by atoms with E-state index in [0.29, 0.717) is 18.5 Å². The third kappa shape index (κ3) is 3.11. The van der Waals surface area contributed by atoms with Gasteiger partial charge < -0.3 is 14.4 Å². The van der Waals surface area contributed by atoms with Crippen LogP contribution in [0.1, 0.15) is 21.5 Å². The normalized spacial score (nSPS) is 16.1. The molecule has 0 saturated carbocycles. The van der Waals surface area contributed by atoms with Crippen LogP contribution < -0.4 is 4.74 Å². The summed E-state index contributed by atoms with van der Waals surface area (Å²) < 4.78 is 10.6. The van der Waals surface area contributed by atoms with E-state index in [9.17, 15) is 9.59 Å². The van der Waals surface area contributed by atoms with Crippen molar-refractivity contribution in [3.8, 4) is 5.75 Å². The largest absolute Gasteiger partial charge is 0.496 e. The summed E-state index contributed by atoms with van der Waals surface area (Å²) in [5.74, 6) is 0.0628. The third-order valence-corrected chi connectivity index (χ3v) is 4.14. The Morgan fingerprint density at radius 1 is 1.21 bits per heavy atom. The number of hydrogen-bond donors (Lipinski definition) is 0. The number of fused-ring (bicyclic) bond motifs is 1. The molecule has 0 unspecified atom stereocenters. The first-order valence-corrected chi connectivity index (χ1v) is 7.76. The Morgan fingerprint density at radius 2 is 1.92 bits per heavy atom. The van der Waals surface area contributed by atoms with Crippen molar-refractivity contribution < 1.29 is 19.1 Å². The number of cyclic esters (lactones) is 1. The Hall–Kier alpha value is -2.82. The molecule has 0 saturated heterocycles. The first-order chi connectivity index (χ1) is 11.6. The Labute approximate surface area is 140 Å². The van der Waals surface area contributed by atoms with Crippen molar-refractivity contribution in [3.63, 3.8) is 0 Å². The molecule has 0 bridgehead atoms. The highest BCUT2D eigenvalue weighted by Crippen LogP contribution is 2.23. The Morgan fingerprint density at radius 3 is 2.71 bits per heavy atom. The Balaban J connectivity index is 1.74. The van der Waals surface area contributed by atoms with Gasteiger partial charge in [-0.3, -0.25) is 4.79 Å². The average Bonchev–Trinajstić information content (AvgIpc) is 2.61. The number of ether oxygens (including phenoxy) is 2. The van der Waals surface area contributed by atoms with E-state index in [1.165, 1.54) is 0 Å². The van der Waals surface area contributed by atoms with Crippen molar-refractivity contribution in [2.45, 2.75) is 19.1 Å². The maximum absolute atomic E-state index is 12.7. The molecule has 2 aromatic carbocycles. The molecular weight excluding hydrogens is 306 g/mol. The van der Waals surface area contributed by atoms with E-state index >= 15 is 0 Å².